The van der Waals surface area contributed by atoms with E-state index in [1.165, 1.54) is 6.07 Å². The molecule has 3 heterocycles. The molecule has 2 unspecified atom stereocenters. The Labute approximate surface area is 185 Å². The van der Waals surface area contributed by atoms with Crippen LogP contribution in [0.5, 0.6) is 0 Å². The number of nitriles is 1. The number of aliphatic hydroxyl groups is 2. The molecule has 0 bridgehead atoms. The fourth-order valence-electron chi connectivity index (χ4n) is 2.81. The van der Waals surface area contributed by atoms with Crippen LogP contribution in [0.15, 0.2) is 4.79 Å². The minimum atomic E-state index is -5.81. The molecule has 0 aromatic carbocycles. The summed E-state index contributed by atoms with van der Waals surface area (Å²) in [5.41, 5.74) is 1.51. The fourth-order valence-corrected chi connectivity index (χ4v) is 5.84. The third-order valence-corrected chi connectivity index (χ3v) is 7.87. The maximum atomic E-state index is 11.9. The van der Waals surface area contributed by atoms with Crippen LogP contribution in [0, 0.1) is 11.3 Å². The van der Waals surface area contributed by atoms with Crippen molar-refractivity contribution in [3.05, 3.63) is 16.2 Å². The van der Waals surface area contributed by atoms with Crippen molar-refractivity contribution < 1.29 is 61.4 Å². The van der Waals surface area contributed by atoms with Gasteiger partial charge < -0.3 is 40.3 Å². The molecular formula is C10H14N7O14P3. The quantitative estimate of drug-likeness (QED) is 0.148. The van der Waals surface area contributed by atoms with Gasteiger partial charge in [0.25, 0.3) is 5.56 Å². The lowest BCUT2D eigenvalue weighted by atomic mass is 9.95. The maximum Gasteiger partial charge on any atom is 0.490 e. The van der Waals surface area contributed by atoms with Crippen molar-refractivity contribution in [3.8, 4) is 6.07 Å². The van der Waals surface area contributed by atoms with E-state index in [1.54, 1.807) is 0 Å². The first-order valence-electron chi connectivity index (χ1n) is 8.35. The Bertz CT molecular complexity index is 1350. The van der Waals surface area contributed by atoms with Gasteiger partial charge in [0.15, 0.2) is 0 Å². The normalized spacial score (nSPS) is 28.9. The third kappa shape index (κ3) is 5.25. The summed E-state index contributed by atoms with van der Waals surface area (Å²) in [7, 11) is -17.0. The number of nitrogen functional groups attached to an aromatic ring is 1. The van der Waals surface area contributed by atoms with E-state index in [1.807, 2.05) is 0 Å². The van der Waals surface area contributed by atoms with Crippen molar-refractivity contribution >= 4 is 35.1 Å². The topological polar surface area (TPSA) is 335 Å². The number of aromatic amines is 1. The Kier molecular flexibility index (Phi) is 6.86. The molecule has 188 valence electrons. The van der Waals surface area contributed by atoms with Crippen LogP contribution in [-0.4, -0.2) is 79.5 Å². The summed E-state index contributed by atoms with van der Waals surface area (Å²) < 4.78 is 51.2. The molecule has 6 atom stereocenters. The monoisotopic (exact) mass is 549 g/mol. The van der Waals surface area contributed by atoms with Gasteiger partial charge >= 0.3 is 23.5 Å². The van der Waals surface area contributed by atoms with E-state index < -0.39 is 77.0 Å². The zero-order valence-electron chi connectivity index (χ0n) is 16.0. The number of fused-ring (bicyclic) bond motifs is 1. The van der Waals surface area contributed by atoms with Crippen molar-refractivity contribution in [2.75, 3.05) is 12.3 Å². The lowest BCUT2D eigenvalue weighted by Gasteiger charge is -2.22. The molecule has 9 N–H and O–H groups in total. The van der Waals surface area contributed by atoms with Crippen LogP contribution in [0.25, 0.3) is 5.65 Å². The number of nitrogens with zero attached hydrogens (tertiary/aromatic N) is 5. The number of aromatic nitrogens is 5. The van der Waals surface area contributed by atoms with Crippen molar-refractivity contribution in [1.82, 2.24) is 24.8 Å². The molecule has 24 heteroatoms. The van der Waals surface area contributed by atoms with E-state index in [9.17, 15) is 38.9 Å². The smallest absolute Gasteiger partial charge is 0.387 e. The molecule has 3 rings (SSSR count). The number of phosphoric acid groups is 3. The predicted molar refractivity (Wildman–Crippen MR) is 99.8 cm³/mol. The number of nitrogens with two attached hydrogens (primary N) is 1. The molecule has 1 aliphatic heterocycles. The SMILES string of the molecule is N#C[C@@]1(c2nnc3c(=O)[nH]c(N)nn23)O[C@H](COP(=O)(O)OP(=O)(O)OP(=O)(O)O)[C@@H](O)[C@H]1O. The van der Waals surface area contributed by atoms with Gasteiger partial charge in [0.2, 0.25) is 23.0 Å². The summed E-state index contributed by atoms with van der Waals surface area (Å²) in [6.07, 6.45) is -5.98. The molecule has 0 saturated carbocycles. The average molecular weight is 549 g/mol. The Morgan fingerprint density at radius 3 is 2.41 bits per heavy atom. The summed E-state index contributed by atoms with van der Waals surface area (Å²) in [4.78, 5) is 49.7. The molecule has 1 fully saturated rings. The van der Waals surface area contributed by atoms with E-state index in [4.69, 9.17) is 25.2 Å². The van der Waals surface area contributed by atoms with Crippen LogP contribution in [0.1, 0.15) is 5.82 Å². The Balaban J connectivity index is 1.84. The standard InChI is InChI=1S/C10H14N7O14P3/c11-2-10(8-15-14-6-7(20)13-9(12)16-17(6)8)5(19)4(18)3(29-10)1-28-33(24,25)31-34(26,27)30-32(21,22)23/h3-5,18-19H,1H2,(H,24,25)(H,26,27)(H2,21,22,23)(H3,12,13,16,20)/t3-,4-,5-,10-/m1/s1. The Hall–Kier alpha value is -2.14. The minimum Gasteiger partial charge on any atom is -0.387 e. The first-order chi connectivity index (χ1) is 15.5. The van der Waals surface area contributed by atoms with Crippen molar-refractivity contribution in [1.29, 1.82) is 5.26 Å². The number of anilines is 1. The molecule has 0 radical (unpaired) electrons. The highest BCUT2D eigenvalue weighted by Crippen LogP contribution is 2.66. The number of ether oxygens (including phenoxy) is 1. The van der Waals surface area contributed by atoms with Gasteiger partial charge in [0, 0.05) is 0 Å². The van der Waals surface area contributed by atoms with Gasteiger partial charge in [0.05, 0.1) is 6.61 Å². The van der Waals surface area contributed by atoms with Crippen molar-refractivity contribution in [2.45, 2.75) is 23.9 Å². The number of H-pyrrole nitrogens is 1. The van der Waals surface area contributed by atoms with Gasteiger partial charge in [-0.05, 0) is 0 Å². The zero-order valence-corrected chi connectivity index (χ0v) is 18.7. The zero-order chi connectivity index (χ0) is 25.7. The molecular weight excluding hydrogens is 535 g/mol. The number of nitrogens with one attached hydrogen (secondary N) is 1. The second-order valence-corrected chi connectivity index (χ2v) is 10.8. The van der Waals surface area contributed by atoms with Gasteiger partial charge in [-0.25, -0.2) is 13.7 Å². The largest absolute Gasteiger partial charge is 0.490 e. The first kappa shape index (κ1) is 26.5. The number of hydrogen-bond acceptors (Lipinski definition) is 15. The third-order valence-electron chi connectivity index (χ3n) is 4.07. The van der Waals surface area contributed by atoms with Gasteiger partial charge in [-0.2, -0.15) is 18.4 Å². The summed E-state index contributed by atoms with van der Waals surface area (Å²) in [5, 5.41) is 41.1. The van der Waals surface area contributed by atoms with E-state index >= 15 is 0 Å². The molecule has 0 spiro atoms. The first-order valence-corrected chi connectivity index (χ1v) is 12.9. The van der Waals surface area contributed by atoms with Gasteiger partial charge in [-0.3, -0.25) is 14.3 Å². The second kappa shape index (κ2) is 8.82. The Morgan fingerprint density at radius 1 is 1.18 bits per heavy atom. The van der Waals surface area contributed by atoms with E-state index in [2.05, 4.69) is 33.4 Å². The molecule has 0 amide bonds. The van der Waals surface area contributed by atoms with Gasteiger partial charge in [0.1, 0.15) is 24.4 Å². The molecule has 1 aliphatic rings. The van der Waals surface area contributed by atoms with Crippen LogP contribution < -0.4 is 11.3 Å². The van der Waals surface area contributed by atoms with Crippen LogP contribution in [0.2, 0.25) is 0 Å². The summed E-state index contributed by atoms with van der Waals surface area (Å²) in [6, 6.07) is 1.52. The highest BCUT2D eigenvalue weighted by atomic mass is 31.3. The average Bonchev–Trinajstić information content (AvgIpc) is 3.18. The second-order valence-electron chi connectivity index (χ2n) is 6.42. The van der Waals surface area contributed by atoms with Crippen LogP contribution in [0.3, 0.4) is 0 Å². The maximum absolute atomic E-state index is 11.9. The molecule has 1 saturated heterocycles. The summed E-state index contributed by atoms with van der Waals surface area (Å²) in [5.74, 6) is -1.06. The van der Waals surface area contributed by atoms with E-state index in [0.29, 0.717) is 4.52 Å². The van der Waals surface area contributed by atoms with Crippen molar-refractivity contribution in [2.24, 2.45) is 0 Å². The van der Waals surface area contributed by atoms with Gasteiger partial charge in [-0.1, -0.05) is 0 Å². The number of aliphatic hydroxyl groups excluding tert-OH is 2. The molecule has 21 nitrogen and oxygen atoms in total. The van der Waals surface area contributed by atoms with Crippen molar-refractivity contribution in [3.63, 3.8) is 0 Å². The summed E-state index contributed by atoms with van der Waals surface area (Å²) >= 11 is 0. The van der Waals surface area contributed by atoms with Crippen LogP contribution >= 0.6 is 23.5 Å². The lowest BCUT2D eigenvalue weighted by Crippen LogP contribution is -2.41. The predicted octanol–water partition coefficient (Wildman–Crippen LogP) is -3.42. The highest BCUT2D eigenvalue weighted by Gasteiger charge is 2.59. The molecule has 2 aromatic heterocycles. The highest BCUT2D eigenvalue weighted by molar-refractivity contribution is 7.66. The summed E-state index contributed by atoms with van der Waals surface area (Å²) in [6.45, 7) is -1.20. The number of phosphoric ester groups is 1. The van der Waals surface area contributed by atoms with Crippen LogP contribution in [-0.2, 0) is 37.2 Å². The van der Waals surface area contributed by atoms with E-state index in [-0.39, 0.29) is 0 Å². The lowest BCUT2D eigenvalue weighted by molar-refractivity contribution is -0.0661. The number of hydrogen-bond donors (Lipinski definition) is 8. The van der Waals surface area contributed by atoms with Gasteiger partial charge in [-0.15, -0.1) is 15.3 Å². The number of rotatable bonds is 8. The minimum absolute atomic E-state index is 0.441. The van der Waals surface area contributed by atoms with Crippen LogP contribution in [0.4, 0.5) is 5.95 Å². The molecule has 34 heavy (non-hydrogen) atoms. The molecule has 2 aromatic rings. The molecule has 0 aliphatic carbocycles. The Morgan fingerprint density at radius 2 is 1.82 bits per heavy atom. The van der Waals surface area contributed by atoms with E-state index in [0.717, 1.165) is 0 Å². The fraction of sp³-hybridized carbons (Fsp3) is 0.500.